The lowest BCUT2D eigenvalue weighted by Crippen LogP contribution is -2.50. The standard InChI is InChI=1S/C23H25ClN4O3S.ClH/c1-26-7-6-21-18(15-26)14-22(25-21)23(29)27-8-10-28(11-9-27)32(30,31)20-5-3-16-12-19(24)4-2-17(16)13-20;/h2-5,12-14,25H,6-11,15H2,1H3;1H. The Labute approximate surface area is 204 Å². The third-order valence-corrected chi connectivity index (χ3v) is 8.47. The van der Waals surface area contributed by atoms with Gasteiger partial charge in [0, 0.05) is 56.4 Å². The third kappa shape index (κ3) is 4.63. The Hall–Kier alpha value is -2.10. The first kappa shape index (κ1) is 24.0. The smallest absolute Gasteiger partial charge is 0.270 e. The van der Waals surface area contributed by atoms with E-state index < -0.39 is 10.0 Å². The van der Waals surface area contributed by atoms with E-state index in [-0.39, 0.29) is 36.3 Å². The Morgan fingerprint density at radius 1 is 0.970 bits per heavy atom. The van der Waals surface area contributed by atoms with E-state index in [1.54, 1.807) is 29.2 Å². The van der Waals surface area contributed by atoms with Crippen LogP contribution in [0.2, 0.25) is 5.02 Å². The molecule has 2 aliphatic heterocycles. The van der Waals surface area contributed by atoms with Gasteiger partial charge < -0.3 is 14.8 Å². The monoisotopic (exact) mass is 508 g/mol. The largest absolute Gasteiger partial charge is 0.354 e. The molecular formula is C23H26Cl2N4O3S. The summed E-state index contributed by atoms with van der Waals surface area (Å²) in [7, 11) is -1.57. The van der Waals surface area contributed by atoms with Crippen molar-refractivity contribution in [2.45, 2.75) is 17.9 Å². The van der Waals surface area contributed by atoms with Gasteiger partial charge in [-0.1, -0.05) is 23.7 Å². The second kappa shape index (κ2) is 9.27. The highest BCUT2D eigenvalue weighted by Crippen LogP contribution is 2.26. The highest BCUT2D eigenvalue weighted by molar-refractivity contribution is 7.89. The molecule has 5 rings (SSSR count). The first-order valence-corrected chi connectivity index (χ1v) is 12.5. The van der Waals surface area contributed by atoms with Crippen LogP contribution < -0.4 is 0 Å². The van der Waals surface area contributed by atoms with Gasteiger partial charge in [0.1, 0.15) is 5.69 Å². The number of amides is 1. The quantitative estimate of drug-likeness (QED) is 0.588. The molecule has 0 bridgehead atoms. The number of carbonyl (C=O) groups excluding carboxylic acids is 1. The Morgan fingerprint density at radius 3 is 2.42 bits per heavy atom. The number of piperazine rings is 1. The summed E-state index contributed by atoms with van der Waals surface area (Å²) < 4.78 is 27.8. The van der Waals surface area contributed by atoms with E-state index in [0.717, 1.165) is 36.0 Å². The number of hydrogen-bond acceptors (Lipinski definition) is 4. The Morgan fingerprint density at radius 2 is 1.67 bits per heavy atom. The Kier molecular flexibility index (Phi) is 6.75. The van der Waals surface area contributed by atoms with E-state index in [9.17, 15) is 13.2 Å². The number of H-pyrrole nitrogens is 1. The second-order valence-corrected chi connectivity index (χ2v) is 10.9. The molecule has 3 heterocycles. The van der Waals surface area contributed by atoms with E-state index in [1.165, 1.54) is 9.87 Å². The van der Waals surface area contributed by atoms with Crippen LogP contribution in [0.1, 0.15) is 21.7 Å². The minimum absolute atomic E-state index is 0. The van der Waals surface area contributed by atoms with E-state index in [2.05, 4.69) is 16.9 Å². The molecule has 176 valence electrons. The molecule has 2 aliphatic rings. The zero-order chi connectivity index (χ0) is 22.5. The number of sulfonamides is 1. The number of carbonyl (C=O) groups is 1. The van der Waals surface area contributed by atoms with Crippen molar-refractivity contribution in [3.63, 3.8) is 0 Å². The van der Waals surface area contributed by atoms with E-state index in [4.69, 9.17) is 11.6 Å². The van der Waals surface area contributed by atoms with Gasteiger partial charge in [-0.15, -0.1) is 12.4 Å². The van der Waals surface area contributed by atoms with Crippen LogP contribution in [-0.2, 0) is 23.0 Å². The average molecular weight is 509 g/mol. The number of likely N-dealkylation sites (N-methyl/N-ethyl adjacent to an activating group) is 1. The molecule has 0 atom stereocenters. The zero-order valence-corrected chi connectivity index (χ0v) is 20.6. The molecule has 33 heavy (non-hydrogen) atoms. The van der Waals surface area contributed by atoms with Crippen molar-refractivity contribution < 1.29 is 13.2 Å². The van der Waals surface area contributed by atoms with E-state index in [1.807, 2.05) is 18.2 Å². The molecule has 1 amide bonds. The number of fused-ring (bicyclic) bond motifs is 2. The molecule has 1 N–H and O–H groups in total. The molecule has 2 aromatic carbocycles. The maximum absolute atomic E-state index is 13.2. The molecule has 1 fully saturated rings. The van der Waals surface area contributed by atoms with Gasteiger partial charge in [0.05, 0.1) is 4.90 Å². The Balaban J connectivity index is 0.00000259. The van der Waals surface area contributed by atoms with Gasteiger partial charge in [-0.25, -0.2) is 8.42 Å². The number of hydrogen-bond donors (Lipinski definition) is 1. The molecule has 0 radical (unpaired) electrons. The predicted molar refractivity (Wildman–Crippen MR) is 132 cm³/mol. The van der Waals surface area contributed by atoms with Gasteiger partial charge in [0.15, 0.2) is 0 Å². The summed E-state index contributed by atoms with van der Waals surface area (Å²) in [6, 6.07) is 12.4. The van der Waals surface area contributed by atoms with Gasteiger partial charge in [-0.2, -0.15) is 4.31 Å². The number of rotatable bonds is 3. The van der Waals surface area contributed by atoms with Crippen LogP contribution in [0.5, 0.6) is 0 Å². The molecule has 0 unspecified atom stereocenters. The number of halogens is 2. The van der Waals surface area contributed by atoms with E-state index in [0.29, 0.717) is 23.8 Å². The van der Waals surface area contributed by atoms with Gasteiger partial charge >= 0.3 is 0 Å². The fraction of sp³-hybridized carbons (Fsp3) is 0.348. The highest BCUT2D eigenvalue weighted by atomic mass is 35.5. The number of benzene rings is 2. The number of aromatic amines is 1. The molecular weight excluding hydrogens is 483 g/mol. The lowest BCUT2D eigenvalue weighted by molar-refractivity contribution is 0.0692. The van der Waals surface area contributed by atoms with Crippen LogP contribution in [0.15, 0.2) is 47.4 Å². The minimum atomic E-state index is -3.64. The molecule has 3 aromatic rings. The van der Waals surface area contributed by atoms with Crippen molar-refractivity contribution in [2.24, 2.45) is 0 Å². The molecule has 0 spiro atoms. The number of nitrogens with zero attached hydrogens (tertiary/aromatic N) is 3. The maximum atomic E-state index is 13.2. The second-order valence-electron chi connectivity index (χ2n) is 8.52. The SMILES string of the molecule is CN1CCc2[nH]c(C(=O)N3CCN(S(=O)(=O)c4ccc5cc(Cl)ccc5c4)CC3)cc2C1.Cl. The first-order valence-electron chi connectivity index (χ1n) is 10.7. The van der Waals surface area contributed by atoms with Crippen LogP contribution in [0.4, 0.5) is 0 Å². The Bertz CT molecular complexity index is 1300. The summed E-state index contributed by atoms with van der Waals surface area (Å²) in [6.07, 6.45) is 0.906. The summed E-state index contributed by atoms with van der Waals surface area (Å²) in [5, 5.41) is 2.33. The molecule has 10 heteroatoms. The normalized spacial score (nSPS) is 17.6. The predicted octanol–water partition coefficient (Wildman–Crippen LogP) is 3.38. The van der Waals surface area contributed by atoms with Crippen molar-refractivity contribution in [3.05, 3.63) is 64.4 Å². The van der Waals surface area contributed by atoms with Gasteiger partial charge in [0.25, 0.3) is 5.91 Å². The van der Waals surface area contributed by atoms with Crippen molar-refractivity contribution in [2.75, 3.05) is 39.8 Å². The summed E-state index contributed by atoms with van der Waals surface area (Å²) in [6.45, 7) is 3.09. The van der Waals surface area contributed by atoms with Crippen molar-refractivity contribution >= 4 is 50.7 Å². The average Bonchev–Trinajstić information content (AvgIpc) is 3.21. The van der Waals surface area contributed by atoms with Crippen LogP contribution >= 0.6 is 24.0 Å². The lowest BCUT2D eigenvalue weighted by Gasteiger charge is -2.33. The van der Waals surface area contributed by atoms with Gasteiger partial charge in [-0.3, -0.25) is 4.79 Å². The zero-order valence-electron chi connectivity index (χ0n) is 18.3. The third-order valence-electron chi connectivity index (χ3n) is 6.34. The van der Waals surface area contributed by atoms with Gasteiger partial charge in [-0.05, 0) is 53.7 Å². The maximum Gasteiger partial charge on any atom is 0.270 e. The molecule has 1 saturated heterocycles. The minimum Gasteiger partial charge on any atom is -0.354 e. The van der Waals surface area contributed by atoms with Crippen LogP contribution in [-0.4, -0.2) is 73.2 Å². The van der Waals surface area contributed by atoms with Crippen LogP contribution in [0.3, 0.4) is 0 Å². The molecule has 0 aliphatic carbocycles. The van der Waals surface area contributed by atoms with Crippen LogP contribution in [0, 0.1) is 0 Å². The summed E-state index contributed by atoms with van der Waals surface area (Å²) in [5.74, 6) is -0.0679. The van der Waals surface area contributed by atoms with Crippen molar-refractivity contribution in [1.29, 1.82) is 0 Å². The van der Waals surface area contributed by atoms with Crippen molar-refractivity contribution in [3.8, 4) is 0 Å². The van der Waals surface area contributed by atoms with E-state index >= 15 is 0 Å². The molecule has 1 aromatic heterocycles. The highest BCUT2D eigenvalue weighted by Gasteiger charge is 2.31. The topological polar surface area (TPSA) is 76.7 Å². The summed E-state index contributed by atoms with van der Waals surface area (Å²) in [5.41, 5.74) is 2.89. The summed E-state index contributed by atoms with van der Waals surface area (Å²) >= 11 is 6.03. The van der Waals surface area contributed by atoms with Crippen molar-refractivity contribution in [1.82, 2.24) is 19.1 Å². The van der Waals surface area contributed by atoms with Crippen LogP contribution in [0.25, 0.3) is 10.8 Å². The molecule has 0 saturated carbocycles. The molecule has 7 nitrogen and oxygen atoms in total. The number of nitrogens with one attached hydrogen (secondary N) is 1. The fourth-order valence-corrected chi connectivity index (χ4v) is 6.14. The van der Waals surface area contributed by atoms with Gasteiger partial charge in [0.2, 0.25) is 10.0 Å². The first-order chi connectivity index (χ1) is 15.3. The summed E-state index contributed by atoms with van der Waals surface area (Å²) in [4.78, 5) is 20.5. The fourth-order valence-electron chi connectivity index (χ4n) is 4.50. The number of aromatic nitrogens is 1. The lowest BCUT2D eigenvalue weighted by atomic mass is 10.1.